The van der Waals surface area contributed by atoms with Crippen molar-refractivity contribution in [2.24, 2.45) is 17.8 Å². The molecule has 2 aromatic carbocycles. The Morgan fingerprint density at radius 2 is 2.14 bits per heavy atom. The molecule has 1 aliphatic heterocycles. The second-order valence-electron chi connectivity index (χ2n) is 7.28. The van der Waals surface area contributed by atoms with Crippen LogP contribution in [0.3, 0.4) is 0 Å². The number of benzene rings is 2. The van der Waals surface area contributed by atoms with Gasteiger partial charge in [0.05, 0.1) is 16.3 Å². The minimum atomic E-state index is -0.461. The molecule has 0 bridgehead atoms. The van der Waals surface area contributed by atoms with E-state index >= 15 is 0 Å². The molecule has 1 aromatic heterocycles. The SMILES string of the molecule is CNC1CCN(c2cc(N)c(C(N)=Nc3cc(F)c4nn(C)cc4c3)c(Cl)c2)C1. The van der Waals surface area contributed by atoms with Crippen molar-refractivity contribution in [3.8, 4) is 0 Å². The molecule has 1 unspecified atom stereocenters. The Bertz CT molecular complexity index is 1080. The topological polar surface area (TPSA) is 97.5 Å². The minimum Gasteiger partial charge on any atom is -0.398 e. The van der Waals surface area contributed by atoms with E-state index in [0.29, 0.717) is 33.4 Å². The predicted octanol–water partition coefficient (Wildman–Crippen LogP) is 2.78. The number of halogens is 2. The lowest BCUT2D eigenvalue weighted by atomic mass is 10.1. The van der Waals surface area contributed by atoms with Gasteiger partial charge in [0.25, 0.3) is 0 Å². The third kappa shape index (κ3) is 3.73. The second kappa shape index (κ2) is 7.53. The number of nitrogens with two attached hydrogens (primary N) is 2. The lowest BCUT2D eigenvalue weighted by molar-refractivity contribution is 0.617. The van der Waals surface area contributed by atoms with Crippen LogP contribution in [0.15, 0.2) is 35.5 Å². The number of nitrogens with one attached hydrogen (secondary N) is 1. The number of rotatable bonds is 4. The summed E-state index contributed by atoms with van der Waals surface area (Å²) >= 11 is 6.50. The van der Waals surface area contributed by atoms with E-state index in [9.17, 15) is 4.39 Å². The molecule has 3 aromatic rings. The maximum absolute atomic E-state index is 14.3. The number of aromatic nitrogens is 2. The number of hydrogen-bond donors (Lipinski definition) is 3. The van der Waals surface area contributed by atoms with Gasteiger partial charge in [-0.15, -0.1) is 0 Å². The van der Waals surface area contributed by atoms with Crippen LogP contribution in [0, 0.1) is 5.82 Å². The van der Waals surface area contributed by atoms with Gasteiger partial charge in [-0.1, -0.05) is 11.6 Å². The van der Waals surface area contributed by atoms with Crippen LogP contribution in [0.2, 0.25) is 5.02 Å². The fourth-order valence-electron chi connectivity index (χ4n) is 3.75. The first-order valence-corrected chi connectivity index (χ1v) is 9.72. The highest BCUT2D eigenvalue weighted by Gasteiger charge is 2.23. The highest BCUT2D eigenvalue weighted by Crippen LogP contribution is 2.32. The average Bonchev–Trinajstić information content (AvgIpc) is 3.27. The van der Waals surface area contributed by atoms with Gasteiger partial charge in [-0.25, -0.2) is 9.38 Å². The summed E-state index contributed by atoms with van der Waals surface area (Å²) in [6.07, 6.45) is 2.78. The van der Waals surface area contributed by atoms with Crippen molar-refractivity contribution in [3.05, 3.63) is 46.9 Å². The Morgan fingerprint density at radius 3 is 2.83 bits per heavy atom. The Labute approximate surface area is 173 Å². The Hall–Kier alpha value is -2.84. The normalized spacial score (nSPS) is 17.4. The van der Waals surface area contributed by atoms with Gasteiger partial charge >= 0.3 is 0 Å². The number of aliphatic imine (C=N–C) groups is 1. The molecule has 1 atom stereocenters. The van der Waals surface area contributed by atoms with Crippen LogP contribution in [0.1, 0.15) is 12.0 Å². The highest BCUT2D eigenvalue weighted by molar-refractivity contribution is 6.35. The van der Waals surface area contributed by atoms with Crippen LogP contribution in [0.4, 0.5) is 21.5 Å². The Balaban J connectivity index is 1.67. The summed E-state index contributed by atoms with van der Waals surface area (Å²) < 4.78 is 15.9. The van der Waals surface area contributed by atoms with Crippen molar-refractivity contribution >= 4 is 45.4 Å². The van der Waals surface area contributed by atoms with Gasteiger partial charge < -0.3 is 21.7 Å². The molecule has 0 spiro atoms. The quantitative estimate of drug-likeness (QED) is 0.346. The molecule has 0 radical (unpaired) electrons. The molecule has 1 aliphatic rings. The molecule has 2 heterocycles. The number of likely N-dealkylation sites (N-methyl/N-ethyl adjacent to an activating group) is 1. The molecular formula is C20H23ClFN7. The van der Waals surface area contributed by atoms with Gasteiger partial charge in [0.15, 0.2) is 5.82 Å². The van der Waals surface area contributed by atoms with Crippen LogP contribution >= 0.6 is 11.6 Å². The van der Waals surface area contributed by atoms with E-state index in [-0.39, 0.29) is 11.4 Å². The number of nitrogens with zero attached hydrogens (tertiary/aromatic N) is 4. The van der Waals surface area contributed by atoms with E-state index in [1.54, 1.807) is 24.0 Å². The van der Waals surface area contributed by atoms with Gasteiger partial charge in [-0.05, 0) is 31.7 Å². The summed E-state index contributed by atoms with van der Waals surface area (Å²) in [4.78, 5) is 6.58. The van der Waals surface area contributed by atoms with Crippen molar-refractivity contribution in [3.63, 3.8) is 0 Å². The number of anilines is 2. The summed E-state index contributed by atoms with van der Waals surface area (Å²) in [6.45, 7) is 1.81. The van der Waals surface area contributed by atoms with Crippen molar-refractivity contribution in [1.82, 2.24) is 15.1 Å². The van der Waals surface area contributed by atoms with Gasteiger partial charge in [0.1, 0.15) is 11.4 Å². The standard InChI is InChI=1S/C20H23ClFN7/c1-25-12-3-4-29(10-12)14-7-15(21)18(17(23)8-14)20(24)26-13-5-11-9-28(2)27-19(11)16(22)6-13/h5-9,12,25H,3-4,10,23H2,1-2H3,(H2,24,26). The molecule has 0 aliphatic carbocycles. The van der Waals surface area contributed by atoms with Crippen LogP contribution in [-0.2, 0) is 7.05 Å². The van der Waals surface area contributed by atoms with Crippen LogP contribution in [0.25, 0.3) is 10.9 Å². The highest BCUT2D eigenvalue weighted by atomic mass is 35.5. The van der Waals surface area contributed by atoms with Crippen LogP contribution < -0.4 is 21.7 Å². The molecule has 0 saturated carbocycles. The average molecular weight is 416 g/mol. The van der Waals surface area contributed by atoms with E-state index < -0.39 is 5.82 Å². The third-order valence-corrected chi connectivity index (χ3v) is 5.53. The molecule has 29 heavy (non-hydrogen) atoms. The molecule has 4 rings (SSSR count). The molecule has 1 saturated heterocycles. The number of nitrogen functional groups attached to an aromatic ring is 1. The lowest BCUT2D eigenvalue weighted by Crippen LogP contribution is -2.29. The summed E-state index contributed by atoms with van der Waals surface area (Å²) in [7, 11) is 3.69. The summed E-state index contributed by atoms with van der Waals surface area (Å²) in [5.41, 5.74) is 14.9. The van der Waals surface area contributed by atoms with Crippen molar-refractivity contribution in [1.29, 1.82) is 0 Å². The zero-order valence-corrected chi connectivity index (χ0v) is 17.0. The number of fused-ring (bicyclic) bond motifs is 1. The van der Waals surface area contributed by atoms with E-state index in [1.807, 2.05) is 19.2 Å². The van der Waals surface area contributed by atoms with Gasteiger partial charge in [-0.3, -0.25) is 4.68 Å². The molecule has 152 valence electrons. The zero-order chi connectivity index (χ0) is 20.7. The Morgan fingerprint density at radius 1 is 1.34 bits per heavy atom. The summed E-state index contributed by atoms with van der Waals surface area (Å²) in [5.74, 6) is -0.326. The van der Waals surface area contributed by atoms with E-state index in [4.69, 9.17) is 23.1 Å². The molecule has 1 fully saturated rings. The van der Waals surface area contributed by atoms with Crippen molar-refractivity contribution < 1.29 is 4.39 Å². The maximum Gasteiger partial charge on any atom is 0.153 e. The first-order chi connectivity index (χ1) is 13.9. The lowest BCUT2D eigenvalue weighted by Gasteiger charge is -2.21. The zero-order valence-electron chi connectivity index (χ0n) is 16.3. The van der Waals surface area contributed by atoms with E-state index in [1.165, 1.54) is 6.07 Å². The van der Waals surface area contributed by atoms with Crippen molar-refractivity contribution in [2.45, 2.75) is 12.5 Å². The summed E-state index contributed by atoms with van der Waals surface area (Å²) in [6, 6.07) is 7.16. The van der Waals surface area contributed by atoms with Crippen LogP contribution in [-0.4, -0.2) is 41.8 Å². The largest absolute Gasteiger partial charge is 0.398 e. The van der Waals surface area contributed by atoms with Gasteiger partial charge in [0.2, 0.25) is 0 Å². The molecule has 0 amide bonds. The summed E-state index contributed by atoms with van der Waals surface area (Å²) in [5, 5.41) is 8.43. The number of aryl methyl sites for hydroxylation is 1. The maximum atomic E-state index is 14.3. The smallest absolute Gasteiger partial charge is 0.153 e. The fraction of sp³-hybridized carbons (Fsp3) is 0.300. The van der Waals surface area contributed by atoms with Gasteiger partial charge in [-0.2, -0.15) is 5.10 Å². The predicted molar refractivity (Wildman–Crippen MR) is 117 cm³/mol. The van der Waals surface area contributed by atoms with E-state index in [0.717, 1.165) is 25.2 Å². The first-order valence-electron chi connectivity index (χ1n) is 9.34. The first kappa shape index (κ1) is 19.5. The third-order valence-electron chi connectivity index (χ3n) is 5.23. The monoisotopic (exact) mass is 415 g/mol. The Kier molecular flexibility index (Phi) is 5.06. The molecule has 7 nitrogen and oxygen atoms in total. The van der Waals surface area contributed by atoms with E-state index in [2.05, 4.69) is 20.3 Å². The molecular weight excluding hydrogens is 393 g/mol. The molecule has 9 heteroatoms. The second-order valence-corrected chi connectivity index (χ2v) is 7.68. The van der Waals surface area contributed by atoms with Crippen LogP contribution in [0.5, 0.6) is 0 Å². The number of amidine groups is 1. The van der Waals surface area contributed by atoms with Crippen molar-refractivity contribution in [2.75, 3.05) is 30.8 Å². The molecule has 5 N–H and O–H groups in total. The minimum absolute atomic E-state index is 0.135. The fourth-order valence-corrected chi connectivity index (χ4v) is 4.07. The van der Waals surface area contributed by atoms with Gasteiger partial charge in [0, 0.05) is 55.2 Å². The number of hydrogen-bond acceptors (Lipinski definition) is 5.